The highest BCUT2D eigenvalue weighted by Gasteiger charge is 2.49. The molecule has 1 atom stereocenters. The van der Waals surface area contributed by atoms with Crippen LogP contribution in [0.4, 0.5) is 10.3 Å². The minimum absolute atomic E-state index is 0.0320. The van der Waals surface area contributed by atoms with Gasteiger partial charge in [0.05, 0.1) is 31.1 Å². The van der Waals surface area contributed by atoms with Crippen molar-refractivity contribution < 1.29 is 13.9 Å². The first-order valence-electron chi connectivity index (χ1n) is 13.1. The minimum atomic E-state index is -0.504. The Morgan fingerprint density at radius 3 is 2.71 bits per heavy atom. The van der Waals surface area contributed by atoms with E-state index in [4.69, 9.17) is 4.74 Å². The van der Waals surface area contributed by atoms with Gasteiger partial charge in [0.25, 0.3) is 5.91 Å². The summed E-state index contributed by atoms with van der Waals surface area (Å²) in [5.41, 5.74) is 4.51. The average Bonchev–Trinajstić information content (AvgIpc) is 3.31. The monoisotopic (exact) mass is 521 g/mol. The highest BCUT2D eigenvalue weighted by Crippen LogP contribution is 2.43. The van der Waals surface area contributed by atoms with Crippen molar-refractivity contribution in [2.45, 2.75) is 38.4 Å². The SMILES string of the molecule is CCOc1cc(C(C)N2CC3(CNC3)c3c(CN(C)C)cc(Cn4ccnc4NC)cc3C2=O)ncc1F. The van der Waals surface area contributed by atoms with E-state index in [2.05, 4.69) is 45.7 Å². The summed E-state index contributed by atoms with van der Waals surface area (Å²) in [6.45, 7) is 7.60. The quantitative estimate of drug-likeness (QED) is 0.448. The molecule has 1 amide bonds. The number of aromatic nitrogens is 3. The molecule has 2 N–H and O–H groups in total. The summed E-state index contributed by atoms with van der Waals surface area (Å²) in [6.07, 6.45) is 4.87. The van der Waals surface area contributed by atoms with E-state index in [1.807, 2.05) is 42.6 Å². The third kappa shape index (κ3) is 4.63. The molecule has 1 unspecified atom stereocenters. The minimum Gasteiger partial charge on any atom is -0.491 e. The second-order valence-corrected chi connectivity index (χ2v) is 10.5. The maximum atomic E-state index is 14.2. The van der Waals surface area contributed by atoms with Crippen LogP contribution in [-0.2, 0) is 18.5 Å². The third-order valence-electron chi connectivity index (χ3n) is 7.52. The summed E-state index contributed by atoms with van der Waals surface area (Å²) >= 11 is 0. The van der Waals surface area contributed by atoms with Crippen molar-refractivity contribution in [3.63, 3.8) is 0 Å². The molecular weight excluding hydrogens is 485 g/mol. The lowest BCUT2D eigenvalue weighted by atomic mass is 9.68. The second-order valence-electron chi connectivity index (χ2n) is 10.5. The molecule has 0 saturated carbocycles. The average molecular weight is 522 g/mol. The van der Waals surface area contributed by atoms with Gasteiger partial charge in [0.1, 0.15) is 0 Å². The van der Waals surface area contributed by atoms with E-state index in [-0.39, 0.29) is 23.1 Å². The van der Waals surface area contributed by atoms with Crippen LogP contribution in [0.5, 0.6) is 5.75 Å². The molecule has 0 radical (unpaired) electrons. The Morgan fingerprint density at radius 2 is 2.05 bits per heavy atom. The smallest absolute Gasteiger partial charge is 0.254 e. The zero-order valence-corrected chi connectivity index (χ0v) is 22.7. The first kappa shape index (κ1) is 26.1. The van der Waals surface area contributed by atoms with Crippen molar-refractivity contribution >= 4 is 11.9 Å². The molecule has 0 aliphatic carbocycles. The lowest BCUT2D eigenvalue weighted by Crippen LogP contribution is -2.66. The number of rotatable bonds is 9. The Balaban J connectivity index is 1.58. The van der Waals surface area contributed by atoms with Gasteiger partial charge in [0.2, 0.25) is 5.95 Å². The molecule has 2 aromatic heterocycles. The number of benzene rings is 1. The fourth-order valence-corrected chi connectivity index (χ4v) is 5.73. The second kappa shape index (κ2) is 10.3. The number of anilines is 1. The largest absolute Gasteiger partial charge is 0.491 e. The number of ether oxygens (including phenoxy) is 1. The lowest BCUT2D eigenvalue weighted by molar-refractivity contribution is 0.0520. The van der Waals surface area contributed by atoms with Gasteiger partial charge in [-0.1, -0.05) is 6.07 Å². The molecule has 3 aromatic rings. The molecule has 2 aliphatic heterocycles. The molecule has 2 aliphatic rings. The molecule has 10 heteroatoms. The number of nitrogens with one attached hydrogen (secondary N) is 2. The van der Waals surface area contributed by atoms with Crippen LogP contribution in [0.1, 0.15) is 52.6 Å². The van der Waals surface area contributed by atoms with Crippen LogP contribution in [0.15, 0.2) is 36.8 Å². The van der Waals surface area contributed by atoms with Gasteiger partial charge in [-0.3, -0.25) is 9.78 Å². The molecule has 202 valence electrons. The van der Waals surface area contributed by atoms with Crippen LogP contribution in [0, 0.1) is 5.82 Å². The molecular formula is C28H36FN7O2. The molecule has 1 spiro atoms. The van der Waals surface area contributed by atoms with Crippen molar-refractivity contribution in [2.24, 2.45) is 0 Å². The Hall–Kier alpha value is -3.50. The summed E-state index contributed by atoms with van der Waals surface area (Å²) < 4.78 is 21.7. The van der Waals surface area contributed by atoms with Crippen molar-refractivity contribution in [1.82, 2.24) is 29.7 Å². The molecule has 1 saturated heterocycles. The number of fused-ring (bicyclic) bond motifs is 2. The first-order valence-corrected chi connectivity index (χ1v) is 13.1. The number of hydrogen-bond acceptors (Lipinski definition) is 7. The third-order valence-corrected chi connectivity index (χ3v) is 7.52. The maximum Gasteiger partial charge on any atom is 0.254 e. The fourth-order valence-electron chi connectivity index (χ4n) is 5.73. The summed E-state index contributed by atoms with van der Waals surface area (Å²) in [7, 11) is 5.95. The molecule has 0 bridgehead atoms. The van der Waals surface area contributed by atoms with Gasteiger partial charge in [-0.15, -0.1) is 0 Å². The van der Waals surface area contributed by atoms with Gasteiger partial charge in [0.15, 0.2) is 11.6 Å². The van der Waals surface area contributed by atoms with Gasteiger partial charge >= 0.3 is 0 Å². The van der Waals surface area contributed by atoms with Gasteiger partial charge in [-0.2, -0.15) is 0 Å². The van der Waals surface area contributed by atoms with Crippen LogP contribution in [-0.4, -0.2) is 77.6 Å². The van der Waals surface area contributed by atoms with E-state index in [0.29, 0.717) is 25.4 Å². The normalized spacial score (nSPS) is 16.9. The summed E-state index contributed by atoms with van der Waals surface area (Å²) in [4.78, 5) is 26.9. The first-order chi connectivity index (χ1) is 18.3. The van der Waals surface area contributed by atoms with E-state index in [1.54, 1.807) is 12.3 Å². The van der Waals surface area contributed by atoms with Gasteiger partial charge < -0.3 is 29.7 Å². The van der Waals surface area contributed by atoms with Crippen molar-refractivity contribution in [3.8, 4) is 5.75 Å². The predicted octanol–water partition coefficient (Wildman–Crippen LogP) is 3.03. The Kier molecular flexibility index (Phi) is 7.11. The van der Waals surface area contributed by atoms with Crippen molar-refractivity contribution in [3.05, 3.63) is 70.6 Å². The Morgan fingerprint density at radius 1 is 1.26 bits per heavy atom. The number of carbonyl (C=O) groups excluding carboxylic acids is 1. The van der Waals surface area contributed by atoms with Crippen LogP contribution < -0.4 is 15.4 Å². The van der Waals surface area contributed by atoms with Crippen LogP contribution in [0.2, 0.25) is 0 Å². The number of halogens is 1. The number of pyridine rings is 1. The number of hydrogen-bond donors (Lipinski definition) is 2. The van der Waals surface area contributed by atoms with Gasteiger partial charge in [0, 0.05) is 62.7 Å². The summed E-state index contributed by atoms with van der Waals surface area (Å²) in [5.74, 6) is 0.391. The molecule has 1 fully saturated rings. The molecule has 4 heterocycles. The fraction of sp³-hybridized carbons (Fsp3) is 0.464. The molecule has 9 nitrogen and oxygen atoms in total. The molecule has 38 heavy (non-hydrogen) atoms. The van der Waals surface area contributed by atoms with Crippen LogP contribution in [0.3, 0.4) is 0 Å². The highest BCUT2D eigenvalue weighted by molar-refractivity contribution is 5.98. The summed E-state index contributed by atoms with van der Waals surface area (Å²) in [6, 6.07) is 5.54. The van der Waals surface area contributed by atoms with E-state index < -0.39 is 5.82 Å². The number of nitrogens with zero attached hydrogens (tertiary/aromatic N) is 5. The Bertz CT molecular complexity index is 1330. The predicted molar refractivity (Wildman–Crippen MR) is 144 cm³/mol. The molecule has 1 aromatic carbocycles. The van der Waals surface area contributed by atoms with E-state index in [1.165, 1.54) is 11.8 Å². The number of amides is 1. The Labute approximate surface area is 223 Å². The van der Waals surface area contributed by atoms with Gasteiger partial charge in [-0.05, 0) is 50.7 Å². The van der Waals surface area contributed by atoms with Crippen LogP contribution in [0.25, 0.3) is 0 Å². The molecule has 5 rings (SSSR count). The van der Waals surface area contributed by atoms with Gasteiger partial charge in [-0.25, -0.2) is 9.37 Å². The standard InChI is InChI=1S/C28H36FN7O2/c1-6-38-24-11-23(33-12-22(24)29)18(2)36-17-28(15-31-16-28)25-20(14-34(4)5)9-19(10-21(25)26(36)37)13-35-8-7-32-27(35)30-3/h7-12,18,31H,6,13-17H2,1-5H3,(H,30,32). The van der Waals surface area contributed by atoms with Crippen molar-refractivity contribution in [1.29, 1.82) is 0 Å². The zero-order chi connectivity index (χ0) is 27.0. The van der Waals surface area contributed by atoms with E-state index in [0.717, 1.165) is 42.3 Å². The van der Waals surface area contributed by atoms with E-state index >= 15 is 0 Å². The lowest BCUT2D eigenvalue weighted by Gasteiger charge is -2.52. The number of imidazole rings is 1. The van der Waals surface area contributed by atoms with E-state index in [9.17, 15) is 9.18 Å². The topological polar surface area (TPSA) is 87.5 Å². The summed E-state index contributed by atoms with van der Waals surface area (Å²) in [5, 5.41) is 6.57. The maximum absolute atomic E-state index is 14.2. The number of carbonyl (C=O) groups is 1. The highest BCUT2D eigenvalue weighted by atomic mass is 19.1. The zero-order valence-electron chi connectivity index (χ0n) is 22.7. The van der Waals surface area contributed by atoms with Crippen LogP contribution >= 0.6 is 0 Å². The van der Waals surface area contributed by atoms with Crippen molar-refractivity contribution in [2.75, 3.05) is 52.7 Å².